The highest BCUT2D eigenvalue weighted by atomic mass is 16.5. The summed E-state index contributed by atoms with van der Waals surface area (Å²) >= 11 is 0. The number of hydrogen-bond acceptors (Lipinski definition) is 5. The lowest BCUT2D eigenvalue weighted by atomic mass is 10.5. The second-order valence-corrected chi connectivity index (χ2v) is 1.85. The third-order valence-electron chi connectivity index (χ3n) is 0.920. The summed E-state index contributed by atoms with van der Waals surface area (Å²) in [6.45, 7) is 2.26. The standard InChI is InChI=1S/C7H12N2O3/c1-2-12-7(11)3-4-8-9-5-6-10/h4,6,9H,2-3,5H2,1H3. The fraction of sp³-hybridized carbons (Fsp3) is 0.571. The molecule has 0 heterocycles. The van der Waals surface area contributed by atoms with Gasteiger partial charge in [0.1, 0.15) is 6.29 Å². The Hall–Kier alpha value is -1.39. The lowest BCUT2D eigenvalue weighted by molar-refractivity contribution is -0.141. The SMILES string of the molecule is CCOC(=O)CC=NNCC=O. The molecule has 0 aromatic carbocycles. The Bertz CT molecular complexity index is 168. The molecule has 0 unspecified atom stereocenters. The molecule has 0 aromatic rings. The number of ether oxygens (including phenoxy) is 1. The Morgan fingerprint density at radius 3 is 3.00 bits per heavy atom. The Morgan fingerprint density at radius 1 is 1.67 bits per heavy atom. The van der Waals surface area contributed by atoms with E-state index < -0.39 is 0 Å². The minimum absolute atomic E-state index is 0.125. The Kier molecular flexibility index (Phi) is 6.82. The number of aldehydes is 1. The summed E-state index contributed by atoms with van der Waals surface area (Å²) < 4.78 is 4.62. The summed E-state index contributed by atoms with van der Waals surface area (Å²) in [5.41, 5.74) is 2.43. The largest absolute Gasteiger partial charge is 0.466 e. The summed E-state index contributed by atoms with van der Waals surface area (Å²) in [7, 11) is 0. The molecule has 0 aromatic heterocycles. The average Bonchev–Trinajstić information content (AvgIpc) is 2.05. The predicted octanol–water partition coefficient (Wildman–Crippen LogP) is -0.286. The maximum absolute atomic E-state index is 10.7. The minimum atomic E-state index is -0.325. The molecule has 0 saturated heterocycles. The summed E-state index contributed by atoms with van der Waals surface area (Å²) in [5, 5.41) is 3.58. The first-order valence-corrected chi connectivity index (χ1v) is 3.65. The first kappa shape index (κ1) is 10.6. The first-order chi connectivity index (χ1) is 5.81. The molecule has 0 atom stereocenters. The van der Waals surface area contributed by atoms with Crippen LogP contribution in [0.5, 0.6) is 0 Å². The average molecular weight is 172 g/mol. The topological polar surface area (TPSA) is 67.8 Å². The summed E-state index contributed by atoms with van der Waals surface area (Å²) in [5.74, 6) is -0.325. The van der Waals surface area contributed by atoms with Crippen LogP contribution in [0, 0.1) is 0 Å². The Balaban J connectivity index is 3.33. The molecule has 0 fully saturated rings. The van der Waals surface area contributed by atoms with Gasteiger partial charge >= 0.3 is 5.97 Å². The molecule has 0 aliphatic carbocycles. The molecule has 0 saturated carbocycles. The van der Waals surface area contributed by atoms with Gasteiger partial charge in [-0.3, -0.25) is 4.79 Å². The molecular formula is C7H12N2O3. The maximum atomic E-state index is 10.7. The maximum Gasteiger partial charge on any atom is 0.311 e. The van der Waals surface area contributed by atoms with E-state index in [2.05, 4.69) is 15.3 Å². The highest BCUT2D eigenvalue weighted by Gasteiger charge is 1.95. The predicted molar refractivity (Wildman–Crippen MR) is 43.8 cm³/mol. The van der Waals surface area contributed by atoms with Gasteiger partial charge in [-0.05, 0) is 6.92 Å². The molecular weight excluding hydrogens is 160 g/mol. The van der Waals surface area contributed by atoms with Crippen molar-refractivity contribution in [3.05, 3.63) is 0 Å². The van der Waals surface area contributed by atoms with Gasteiger partial charge in [0, 0.05) is 6.21 Å². The van der Waals surface area contributed by atoms with Crippen LogP contribution in [-0.4, -0.2) is 31.6 Å². The first-order valence-electron chi connectivity index (χ1n) is 3.65. The van der Waals surface area contributed by atoms with Crippen LogP contribution in [0.1, 0.15) is 13.3 Å². The number of carbonyl (C=O) groups excluding carboxylic acids is 2. The monoisotopic (exact) mass is 172 g/mol. The number of rotatable bonds is 6. The van der Waals surface area contributed by atoms with E-state index in [1.165, 1.54) is 6.21 Å². The number of hydrogen-bond donors (Lipinski definition) is 1. The number of hydrazone groups is 1. The summed E-state index contributed by atoms with van der Waals surface area (Å²) in [6, 6.07) is 0. The van der Waals surface area contributed by atoms with Crippen molar-refractivity contribution in [3.63, 3.8) is 0 Å². The van der Waals surface area contributed by atoms with Gasteiger partial charge in [-0.15, -0.1) is 0 Å². The fourth-order valence-corrected chi connectivity index (χ4v) is 0.495. The van der Waals surface area contributed by atoms with Crippen LogP contribution in [-0.2, 0) is 14.3 Å². The van der Waals surface area contributed by atoms with E-state index in [1.54, 1.807) is 6.92 Å². The summed E-state index contributed by atoms with van der Waals surface area (Å²) in [4.78, 5) is 20.4. The highest BCUT2D eigenvalue weighted by molar-refractivity contribution is 5.85. The van der Waals surface area contributed by atoms with E-state index in [1.807, 2.05) is 0 Å². The van der Waals surface area contributed by atoms with Crippen molar-refractivity contribution < 1.29 is 14.3 Å². The third-order valence-corrected chi connectivity index (χ3v) is 0.920. The van der Waals surface area contributed by atoms with Crippen LogP contribution >= 0.6 is 0 Å². The van der Waals surface area contributed by atoms with E-state index >= 15 is 0 Å². The second kappa shape index (κ2) is 7.71. The number of esters is 1. The van der Waals surface area contributed by atoms with Gasteiger partial charge in [0.15, 0.2) is 0 Å². The zero-order chi connectivity index (χ0) is 9.23. The van der Waals surface area contributed by atoms with E-state index in [0.717, 1.165) is 0 Å². The number of carbonyl (C=O) groups is 2. The van der Waals surface area contributed by atoms with E-state index in [-0.39, 0.29) is 18.9 Å². The zero-order valence-electron chi connectivity index (χ0n) is 6.95. The Morgan fingerprint density at radius 2 is 2.42 bits per heavy atom. The number of nitrogens with zero attached hydrogens (tertiary/aromatic N) is 1. The minimum Gasteiger partial charge on any atom is -0.466 e. The molecule has 1 N–H and O–H groups in total. The van der Waals surface area contributed by atoms with Crippen molar-refractivity contribution in [2.45, 2.75) is 13.3 Å². The van der Waals surface area contributed by atoms with Crippen LogP contribution in [0.25, 0.3) is 0 Å². The highest BCUT2D eigenvalue weighted by Crippen LogP contribution is 1.81. The zero-order valence-corrected chi connectivity index (χ0v) is 6.95. The van der Waals surface area contributed by atoms with Crippen molar-refractivity contribution >= 4 is 18.5 Å². The van der Waals surface area contributed by atoms with Crippen LogP contribution in [0.15, 0.2) is 5.10 Å². The van der Waals surface area contributed by atoms with Gasteiger partial charge in [0.2, 0.25) is 0 Å². The van der Waals surface area contributed by atoms with E-state index in [4.69, 9.17) is 0 Å². The van der Waals surface area contributed by atoms with Crippen molar-refractivity contribution in [3.8, 4) is 0 Å². The molecule has 0 radical (unpaired) electrons. The lowest BCUT2D eigenvalue weighted by Crippen LogP contribution is -2.10. The van der Waals surface area contributed by atoms with Gasteiger partial charge in [-0.2, -0.15) is 5.10 Å². The quantitative estimate of drug-likeness (QED) is 0.196. The smallest absolute Gasteiger partial charge is 0.311 e. The van der Waals surface area contributed by atoms with Crippen LogP contribution < -0.4 is 5.43 Å². The molecule has 5 heteroatoms. The third kappa shape index (κ3) is 6.73. The summed E-state index contributed by atoms with van der Waals surface area (Å²) in [6.07, 6.45) is 2.17. The van der Waals surface area contributed by atoms with Crippen LogP contribution in [0.3, 0.4) is 0 Å². The molecule has 0 aliphatic heterocycles. The van der Waals surface area contributed by atoms with Gasteiger partial charge in [0.05, 0.1) is 19.6 Å². The molecule has 0 spiro atoms. The molecule has 68 valence electrons. The molecule has 5 nitrogen and oxygen atoms in total. The van der Waals surface area contributed by atoms with Crippen molar-refractivity contribution in [1.82, 2.24) is 5.43 Å². The number of nitrogens with one attached hydrogen (secondary N) is 1. The van der Waals surface area contributed by atoms with Crippen molar-refractivity contribution in [2.75, 3.05) is 13.2 Å². The van der Waals surface area contributed by atoms with Crippen molar-refractivity contribution in [2.24, 2.45) is 5.10 Å². The van der Waals surface area contributed by atoms with Crippen molar-refractivity contribution in [1.29, 1.82) is 0 Å². The van der Waals surface area contributed by atoms with Gasteiger partial charge in [-0.25, -0.2) is 0 Å². The lowest BCUT2D eigenvalue weighted by Gasteiger charge is -1.96. The van der Waals surface area contributed by atoms with Gasteiger partial charge in [-0.1, -0.05) is 0 Å². The molecule has 0 bridgehead atoms. The molecule has 0 aliphatic rings. The molecule has 0 amide bonds. The van der Waals surface area contributed by atoms with Crippen LogP contribution in [0.4, 0.5) is 0 Å². The Labute approximate surface area is 70.8 Å². The molecule has 0 rings (SSSR count). The molecule has 12 heavy (non-hydrogen) atoms. The second-order valence-electron chi connectivity index (χ2n) is 1.85. The normalized spacial score (nSPS) is 9.75. The van der Waals surface area contributed by atoms with E-state index in [9.17, 15) is 9.59 Å². The van der Waals surface area contributed by atoms with Gasteiger partial charge < -0.3 is 15.0 Å². The van der Waals surface area contributed by atoms with E-state index in [0.29, 0.717) is 12.9 Å². The van der Waals surface area contributed by atoms with Gasteiger partial charge in [0.25, 0.3) is 0 Å². The van der Waals surface area contributed by atoms with Crippen LogP contribution in [0.2, 0.25) is 0 Å². The fourth-order valence-electron chi connectivity index (χ4n) is 0.495.